The first-order valence-electron chi connectivity index (χ1n) is 8.71. The molecule has 0 fully saturated rings. The van der Waals surface area contributed by atoms with Crippen LogP contribution in [0.15, 0.2) is 42.5 Å². The Morgan fingerprint density at radius 3 is 2.42 bits per heavy atom. The maximum Gasteiger partial charge on any atom is 0.338 e. The average Bonchev–Trinajstić information content (AvgIpc) is 2.59. The second-order valence-electron chi connectivity index (χ2n) is 6.83. The van der Waals surface area contributed by atoms with E-state index in [9.17, 15) is 4.79 Å². The highest BCUT2D eigenvalue weighted by molar-refractivity contribution is 5.92. The number of carbonyl (C=O) groups is 1. The van der Waals surface area contributed by atoms with Gasteiger partial charge in [0.15, 0.2) is 5.65 Å². The number of fused-ring (bicyclic) bond motifs is 1. The van der Waals surface area contributed by atoms with Crippen molar-refractivity contribution in [2.45, 2.75) is 27.7 Å². The van der Waals surface area contributed by atoms with Crippen LogP contribution in [0.4, 0.5) is 11.4 Å². The molecule has 0 amide bonds. The highest BCUT2D eigenvalue weighted by Gasteiger charge is 2.09. The number of benzene rings is 1. The molecular formula is C21H23N3O2. The molecule has 134 valence electrons. The molecular weight excluding hydrogens is 326 g/mol. The Balaban J connectivity index is 1.81. The zero-order valence-electron chi connectivity index (χ0n) is 15.5. The van der Waals surface area contributed by atoms with E-state index < -0.39 is 0 Å². The van der Waals surface area contributed by atoms with Crippen molar-refractivity contribution in [2.24, 2.45) is 5.92 Å². The summed E-state index contributed by atoms with van der Waals surface area (Å²) in [6.07, 6.45) is 0. The quantitative estimate of drug-likeness (QED) is 0.670. The molecule has 2 heterocycles. The first-order chi connectivity index (χ1) is 12.4. The van der Waals surface area contributed by atoms with Crippen molar-refractivity contribution in [3.05, 3.63) is 59.4 Å². The summed E-state index contributed by atoms with van der Waals surface area (Å²) in [4.78, 5) is 21.0. The largest absolute Gasteiger partial charge is 0.462 e. The fourth-order valence-corrected chi connectivity index (χ4v) is 2.60. The molecule has 5 heteroatoms. The van der Waals surface area contributed by atoms with Gasteiger partial charge in [-0.05, 0) is 62.2 Å². The Hall–Kier alpha value is -2.95. The number of esters is 1. The summed E-state index contributed by atoms with van der Waals surface area (Å²) in [7, 11) is 0. The normalized spacial score (nSPS) is 11.0. The van der Waals surface area contributed by atoms with E-state index >= 15 is 0 Å². The first-order valence-corrected chi connectivity index (χ1v) is 8.71. The third kappa shape index (κ3) is 4.17. The van der Waals surface area contributed by atoms with Crippen LogP contribution in [0.5, 0.6) is 0 Å². The maximum absolute atomic E-state index is 12.0. The van der Waals surface area contributed by atoms with E-state index in [1.54, 1.807) is 12.1 Å². The second-order valence-corrected chi connectivity index (χ2v) is 6.83. The molecule has 0 spiro atoms. The van der Waals surface area contributed by atoms with Crippen LogP contribution in [-0.2, 0) is 4.74 Å². The summed E-state index contributed by atoms with van der Waals surface area (Å²) in [5.41, 5.74) is 4.93. The van der Waals surface area contributed by atoms with Crippen LogP contribution in [0, 0.1) is 19.8 Å². The maximum atomic E-state index is 12.0. The third-order valence-electron chi connectivity index (χ3n) is 3.89. The Morgan fingerprint density at radius 2 is 1.73 bits per heavy atom. The molecule has 0 radical (unpaired) electrons. The van der Waals surface area contributed by atoms with Gasteiger partial charge < -0.3 is 10.1 Å². The molecule has 0 aliphatic heterocycles. The molecule has 26 heavy (non-hydrogen) atoms. The lowest BCUT2D eigenvalue weighted by atomic mass is 10.1. The molecule has 3 rings (SSSR count). The second kappa shape index (κ2) is 7.52. The predicted molar refractivity (Wildman–Crippen MR) is 104 cm³/mol. The summed E-state index contributed by atoms with van der Waals surface area (Å²) >= 11 is 0. The summed E-state index contributed by atoms with van der Waals surface area (Å²) < 4.78 is 5.26. The molecule has 0 unspecified atom stereocenters. The molecule has 1 aromatic carbocycles. The number of nitrogens with one attached hydrogen (secondary N) is 1. The molecule has 0 atom stereocenters. The van der Waals surface area contributed by atoms with Gasteiger partial charge in [0, 0.05) is 22.5 Å². The summed E-state index contributed by atoms with van der Waals surface area (Å²) in [6, 6.07) is 13.3. The molecule has 2 aromatic heterocycles. The minimum atomic E-state index is -0.296. The number of aromatic nitrogens is 2. The monoisotopic (exact) mass is 349 g/mol. The summed E-state index contributed by atoms with van der Waals surface area (Å²) in [5.74, 6) is 0.0236. The molecule has 0 saturated carbocycles. The van der Waals surface area contributed by atoms with E-state index in [0.717, 1.165) is 33.8 Å². The van der Waals surface area contributed by atoms with Gasteiger partial charge in [-0.15, -0.1) is 0 Å². The van der Waals surface area contributed by atoms with Crippen LogP contribution in [0.25, 0.3) is 11.0 Å². The van der Waals surface area contributed by atoms with Crippen molar-refractivity contribution in [2.75, 3.05) is 11.9 Å². The fourth-order valence-electron chi connectivity index (χ4n) is 2.60. The average molecular weight is 349 g/mol. The molecule has 0 saturated heterocycles. The van der Waals surface area contributed by atoms with Crippen LogP contribution in [0.1, 0.15) is 35.6 Å². The van der Waals surface area contributed by atoms with Crippen molar-refractivity contribution < 1.29 is 9.53 Å². The number of pyridine rings is 2. The van der Waals surface area contributed by atoms with Crippen molar-refractivity contribution in [1.29, 1.82) is 0 Å². The highest BCUT2D eigenvalue weighted by Crippen LogP contribution is 2.26. The van der Waals surface area contributed by atoms with Gasteiger partial charge in [0.2, 0.25) is 0 Å². The van der Waals surface area contributed by atoms with Crippen molar-refractivity contribution in [3.8, 4) is 0 Å². The van der Waals surface area contributed by atoms with Gasteiger partial charge in [-0.25, -0.2) is 14.8 Å². The van der Waals surface area contributed by atoms with Crippen molar-refractivity contribution in [1.82, 2.24) is 9.97 Å². The minimum absolute atomic E-state index is 0.296. The minimum Gasteiger partial charge on any atom is -0.462 e. The number of ether oxygens (including phenoxy) is 1. The van der Waals surface area contributed by atoms with Crippen LogP contribution in [0.2, 0.25) is 0 Å². The number of nitrogens with zero attached hydrogens (tertiary/aromatic N) is 2. The van der Waals surface area contributed by atoms with Gasteiger partial charge in [-0.2, -0.15) is 0 Å². The lowest BCUT2D eigenvalue weighted by Crippen LogP contribution is -2.10. The van der Waals surface area contributed by atoms with Gasteiger partial charge in [-0.1, -0.05) is 13.8 Å². The zero-order valence-corrected chi connectivity index (χ0v) is 15.5. The van der Waals surface area contributed by atoms with Gasteiger partial charge in [0.1, 0.15) is 0 Å². The number of carbonyl (C=O) groups excluding carboxylic acids is 1. The van der Waals surface area contributed by atoms with Gasteiger partial charge >= 0.3 is 5.97 Å². The zero-order chi connectivity index (χ0) is 18.7. The van der Waals surface area contributed by atoms with Crippen LogP contribution >= 0.6 is 0 Å². The van der Waals surface area contributed by atoms with Crippen molar-refractivity contribution >= 4 is 28.4 Å². The summed E-state index contributed by atoms with van der Waals surface area (Å²) in [6.45, 7) is 8.35. The van der Waals surface area contributed by atoms with E-state index in [0.29, 0.717) is 18.1 Å². The molecule has 5 nitrogen and oxygen atoms in total. The predicted octanol–water partition coefficient (Wildman–Crippen LogP) is 4.80. The van der Waals surface area contributed by atoms with E-state index in [4.69, 9.17) is 4.74 Å². The Kier molecular flexibility index (Phi) is 5.16. The standard InChI is InChI=1S/C21H23N3O2/c1-13(2)12-26-21(25)16-6-8-17(9-7-16)24-19-11-15(4)23-20-18(19)10-5-14(3)22-20/h5-11,13H,12H2,1-4H3,(H,22,23,24). The molecule has 3 aromatic rings. The van der Waals surface area contributed by atoms with E-state index in [1.165, 1.54) is 0 Å². The van der Waals surface area contributed by atoms with Gasteiger partial charge in [0.05, 0.1) is 17.9 Å². The SMILES string of the molecule is Cc1ccc2c(Nc3ccc(C(=O)OCC(C)C)cc3)cc(C)nc2n1. The van der Waals surface area contributed by atoms with Crippen LogP contribution < -0.4 is 5.32 Å². The van der Waals surface area contributed by atoms with Crippen molar-refractivity contribution in [3.63, 3.8) is 0 Å². The van der Waals surface area contributed by atoms with Crippen LogP contribution in [-0.4, -0.2) is 22.5 Å². The van der Waals surface area contributed by atoms with Crippen LogP contribution in [0.3, 0.4) is 0 Å². The van der Waals surface area contributed by atoms with E-state index in [1.807, 2.05) is 58.0 Å². The lowest BCUT2D eigenvalue weighted by Gasteiger charge is -2.12. The third-order valence-corrected chi connectivity index (χ3v) is 3.89. The lowest BCUT2D eigenvalue weighted by molar-refractivity contribution is 0.0459. The Morgan fingerprint density at radius 1 is 1.04 bits per heavy atom. The number of rotatable bonds is 5. The Bertz CT molecular complexity index is 929. The van der Waals surface area contributed by atoms with E-state index in [-0.39, 0.29) is 5.97 Å². The topological polar surface area (TPSA) is 64.1 Å². The number of anilines is 2. The first kappa shape index (κ1) is 17.9. The Labute approximate surface area is 153 Å². The molecule has 0 aliphatic carbocycles. The highest BCUT2D eigenvalue weighted by atomic mass is 16.5. The van der Waals surface area contributed by atoms with E-state index in [2.05, 4.69) is 15.3 Å². The van der Waals surface area contributed by atoms with Gasteiger partial charge in [-0.3, -0.25) is 0 Å². The number of hydrogen-bond acceptors (Lipinski definition) is 5. The van der Waals surface area contributed by atoms with Gasteiger partial charge in [0.25, 0.3) is 0 Å². The number of hydrogen-bond donors (Lipinski definition) is 1. The smallest absolute Gasteiger partial charge is 0.338 e. The molecule has 0 bridgehead atoms. The fraction of sp³-hybridized carbons (Fsp3) is 0.286. The molecule has 0 aliphatic rings. The molecule has 1 N–H and O–H groups in total. The number of aryl methyl sites for hydroxylation is 2. The summed E-state index contributed by atoms with van der Waals surface area (Å²) in [5, 5.41) is 4.35.